The van der Waals surface area contributed by atoms with Gasteiger partial charge in [-0.2, -0.15) is 0 Å². The van der Waals surface area contributed by atoms with Crippen molar-refractivity contribution in [2.24, 2.45) is 5.92 Å². The monoisotopic (exact) mass is 250 g/mol. The van der Waals surface area contributed by atoms with Crippen molar-refractivity contribution in [3.8, 4) is 0 Å². The Hall–Kier alpha value is -0.340. The zero-order valence-corrected chi connectivity index (χ0v) is 12.0. The second-order valence-electron chi connectivity index (χ2n) is 6.20. The van der Waals surface area contributed by atoms with Gasteiger partial charge in [-0.3, -0.25) is 0 Å². The minimum absolute atomic E-state index is 0.580. The molecule has 2 heteroatoms. The van der Waals surface area contributed by atoms with Gasteiger partial charge in [0.2, 0.25) is 0 Å². The molecule has 0 aromatic rings. The first-order chi connectivity index (χ1) is 8.81. The van der Waals surface area contributed by atoms with E-state index < -0.39 is 0 Å². The summed E-state index contributed by atoms with van der Waals surface area (Å²) in [6.07, 6.45) is 12.9. The summed E-state index contributed by atoms with van der Waals surface area (Å²) in [5.74, 6) is 0.853. The molecule has 0 aromatic carbocycles. The van der Waals surface area contributed by atoms with Crippen molar-refractivity contribution >= 4 is 0 Å². The lowest BCUT2D eigenvalue weighted by molar-refractivity contribution is 0.174. The van der Waals surface area contributed by atoms with Crippen molar-refractivity contribution in [3.63, 3.8) is 0 Å². The van der Waals surface area contributed by atoms with Gasteiger partial charge in [0, 0.05) is 18.1 Å². The van der Waals surface area contributed by atoms with Gasteiger partial charge in [0.05, 0.1) is 0 Å². The van der Waals surface area contributed by atoms with E-state index in [1.807, 2.05) is 6.08 Å². The molecule has 0 spiro atoms. The molecule has 1 aliphatic carbocycles. The molecule has 2 N–H and O–H groups in total. The molecule has 0 bridgehead atoms. The zero-order valence-electron chi connectivity index (χ0n) is 12.0. The first-order valence-electron chi connectivity index (χ1n) is 7.91. The lowest BCUT2D eigenvalue weighted by atomic mass is 9.77. The Bertz CT molecular complexity index is 245. The van der Waals surface area contributed by atoms with Gasteiger partial charge >= 0.3 is 0 Å². The average molecular weight is 250 g/mol. The Balaban J connectivity index is 1.89. The molecular formula is C16H30N2. The maximum atomic E-state index is 3.86. The van der Waals surface area contributed by atoms with Crippen LogP contribution in [0.25, 0.3) is 0 Å². The second-order valence-corrected chi connectivity index (χ2v) is 6.20. The van der Waals surface area contributed by atoms with Gasteiger partial charge in [-0.05, 0) is 51.5 Å². The summed E-state index contributed by atoms with van der Waals surface area (Å²) in [7, 11) is 0. The number of rotatable bonds is 5. The van der Waals surface area contributed by atoms with Gasteiger partial charge in [-0.1, -0.05) is 25.3 Å². The summed E-state index contributed by atoms with van der Waals surface area (Å²) in [5, 5.41) is 7.62. The summed E-state index contributed by atoms with van der Waals surface area (Å²) in [4.78, 5) is 0. The van der Waals surface area contributed by atoms with Crippen molar-refractivity contribution < 1.29 is 0 Å². The van der Waals surface area contributed by atoms with Gasteiger partial charge in [0.15, 0.2) is 0 Å². The van der Waals surface area contributed by atoms with E-state index in [9.17, 15) is 0 Å². The molecule has 2 nitrogen and oxygen atoms in total. The van der Waals surface area contributed by atoms with E-state index in [0.29, 0.717) is 6.04 Å². The average Bonchev–Trinajstić information content (AvgIpc) is 2.40. The van der Waals surface area contributed by atoms with Gasteiger partial charge in [0.25, 0.3) is 0 Å². The third kappa shape index (κ3) is 3.83. The minimum Gasteiger partial charge on any atom is -0.314 e. The molecule has 1 saturated heterocycles. The second kappa shape index (κ2) is 7.30. The standard InChI is InChI=1S/C16H30N2/c1-3-8-13(2)18-16-11-5-4-9-14(16)15-10-6-7-12-17-15/h3,13-18H,1,4-12H2,2H3. The van der Waals surface area contributed by atoms with Crippen LogP contribution in [0.3, 0.4) is 0 Å². The highest BCUT2D eigenvalue weighted by Gasteiger charge is 2.32. The predicted octanol–water partition coefficient (Wildman–Crippen LogP) is 3.24. The lowest BCUT2D eigenvalue weighted by Crippen LogP contribution is -2.52. The Kier molecular flexibility index (Phi) is 5.71. The van der Waals surface area contributed by atoms with Crippen LogP contribution in [0.4, 0.5) is 0 Å². The highest BCUT2D eigenvalue weighted by atomic mass is 15.0. The van der Waals surface area contributed by atoms with Gasteiger partial charge in [-0.15, -0.1) is 6.58 Å². The van der Waals surface area contributed by atoms with Crippen LogP contribution in [0.1, 0.15) is 58.3 Å². The fourth-order valence-electron chi connectivity index (χ4n) is 3.78. The van der Waals surface area contributed by atoms with E-state index in [1.54, 1.807) is 0 Å². The van der Waals surface area contributed by atoms with E-state index in [0.717, 1.165) is 24.4 Å². The SMILES string of the molecule is C=CCC(C)NC1CCCCC1C1CCCCN1. The Morgan fingerprint density at radius 2 is 2.00 bits per heavy atom. The molecule has 2 aliphatic rings. The molecule has 0 radical (unpaired) electrons. The van der Waals surface area contributed by atoms with Gasteiger partial charge < -0.3 is 10.6 Å². The van der Waals surface area contributed by atoms with E-state index in [2.05, 4.69) is 24.1 Å². The summed E-state index contributed by atoms with van der Waals surface area (Å²) in [6, 6.07) is 2.08. The Labute approximate surface area is 113 Å². The van der Waals surface area contributed by atoms with Crippen LogP contribution in [0.15, 0.2) is 12.7 Å². The normalized spacial score (nSPS) is 35.1. The Morgan fingerprint density at radius 1 is 1.22 bits per heavy atom. The molecule has 2 fully saturated rings. The molecule has 0 aromatic heterocycles. The molecule has 104 valence electrons. The number of nitrogens with one attached hydrogen (secondary N) is 2. The van der Waals surface area contributed by atoms with Crippen molar-refractivity contribution in [2.75, 3.05) is 6.54 Å². The van der Waals surface area contributed by atoms with Crippen molar-refractivity contribution in [1.29, 1.82) is 0 Å². The van der Waals surface area contributed by atoms with Crippen LogP contribution >= 0.6 is 0 Å². The highest BCUT2D eigenvalue weighted by Crippen LogP contribution is 2.30. The fourth-order valence-corrected chi connectivity index (χ4v) is 3.78. The molecule has 18 heavy (non-hydrogen) atoms. The van der Waals surface area contributed by atoms with Crippen LogP contribution in [-0.2, 0) is 0 Å². The van der Waals surface area contributed by atoms with Crippen LogP contribution in [-0.4, -0.2) is 24.7 Å². The van der Waals surface area contributed by atoms with E-state index in [4.69, 9.17) is 0 Å². The van der Waals surface area contributed by atoms with Crippen LogP contribution < -0.4 is 10.6 Å². The summed E-state index contributed by atoms with van der Waals surface area (Å²) < 4.78 is 0. The molecule has 4 atom stereocenters. The molecule has 0 amide bonds. The molecular weight excluding hydrogens is 220 g/mol. The maximum Gasteiger partial charge on any atom is 0.0113 e. The minimum atomic E-state index is 0.580. The smallest absolute Gasteiger partial charge is 0.0113 e. The molecule has 1 saturated carbocycles. The lowest BCUT2D eigenvalue weighted by Gasteiger charge is -2.41. The van der Waals surface area contributed by atoms with E-state index in [-0.39, 0.29) is 0 Å². The fraction of sp³-hybridized carbons (Fsp3) is 0.875. The zero-order chi connectivity index (χ0) is 12.8. The quantitative estimate of drug-likeness (QED) is 0.732. The largest absolute Gasteiger partial charge is 0.314 e. The van der Waals surface area contributed by atoms with Crippen molar-refractivity contribution in [3.05, 3.63) is 12.7 Å². The molecule has 2 rings (SSSR count). The highest BCUT2D eigenvalue weighted by molar-refractivity contribution is 4.92. The topological polar surface area (TPSA) is 24.1 Å². The predicted molar refractivity (Wildman–Crippen MR) is 78.8 cm³/mol. The van der Waals surface area contributed by atoms with Crippen molar-refractivity contribution in [1.82, 2.24) is 10.6 Å². The number of hydrogen-bond acceptors (Lipinski definition) is 2. The summed E-state index contributed by atoms with van der Waals surface area (Å²) in [6.45, 7) is 7.38. The number of piperidine rings is 1. The van der Waals surface area contributed by atoms with Gasteiger partial charge in [0.1, 0.15) is 0 Å². The van der Waals surface area contributed by atoms with Crippen LogP contribution in [0, 0.1) is 5.92 Å². The summed E-state index contributed by atoms with van der Waals surface area (Å²) in [5.41, 5.74) is 0. The Morgan fingerprint density at radius 3 is 2.72 bits per heavy atom. The third-order valence-corrected chi connectivity index (χ3v) is 4.70. The van der Waals surface area contributed by atoms with Gasteiger partial charge in [-0.25, -0.2) is 0 Å². The van der Waals surface area contributed by atoms with Crippen LogP contribution in [0.2, 0.25) is 0 Å². The first kappa shape index (κ1) is 14.1. The first-order valence-corrected chi connectivity index (χ1v) is 7.91. The van der Waals surface area contributed by atoms with Crippen LogP contribution in [0.5, 0.6) is 0 Å². The molecule has 1 aliphatic heterocycles. The van der Waals surface area contributed by atoms with Crippen molar-refractivity contribution in [2.45, 2.75) is 76.4 Å². The number of hydrogen-bond donors (Lipinski definition) is 2. The van der Waals surface area contributed by atoms with E-state index >= 15 is 0 Å². The van der Waals surface area contributed by atoms with E-state index in [1.165, 1.54) is 51.5 Å². The third-order valence-electron chi connectivity index (χ3n) is 4.70. The molecule has 4 unspecified atom stereocenters. The summed E-state index contributed by atoms with van der Waals surface area (Å²) >= 11 is 0. The maximum absolute atomic E-state index is 3.86. The molecule has 1 heterocycles.